The van der Waals surface area contributed by atoms with Crippen LogP contribution in [0.25, 0.3) is 11.0 Å². The maximum Gasteiger partial charge on any atom is 0.251 e. The van der Waals surface area contributed by atoms with Crippen LogP contribution in [-0.4, -0.2) is 40.0 Å². The van der Waals surface area contributed by atoms with Gasteiger partial charge in [-0.15, -0.1) is 0 Å². The van der Waals surface area contributed by atoms with Crippen molar-refractivity contribution >= 4 is 16.9 Å². The minimum atomic E-state index is -0.0319. The molecule has 1 aliphatic rings. The molecule has 0 radical (unpaired) electrons. The van der Waals surface area contributed by atoms with Crippen LogP contribution in [0, 0.1) is 0 Å². The molecule has 5 nitrogen and oxygen atoms in total. The number of imidazole rings is 1. The predicted octanol–water partition coefficient (Wildman–Crippen LogP) is 1.62. The molecule has 5 heteroatoms. The molecule has 0 atom stereocenters. The Hall–Kier alpha value is -1.88. The third-order valence-corrected chi connectivity index (χ3v) is 3.88. The first kappa shape index (κ1) is 13.1. The summed E-state index contributed by atoms with van der Waals surface area (Å²) in [5.41, 5.74) is 2.73. The van der Waals surface area contributed by atoms with Gasteiger partial charge in [0.25, 0.3) is 5.91 Å². The number of hydrogen-bond acceptors (Lipinski definition) is 3. The Morgan fingerprint density at radius 3 is 2.95 bits per heavy atom. The lowest BCUT2D eigenvalue weighted by atomic mass is 10.2. The lowest BCUT2D eigenvalue weighted by Crippen LogP contribution is -2.33. The van der Waals surface area contributed by atoms with Crippen molar-refractivity contribution in [2.45, 2.75) is 26.9 Å². The summed E-state index contributed by atoms with van der Waals surface area (Å²) in [6.45, 7) is 8.71. The average Bonchev–Trinajstić information content (AvgIpc) is 2.83. The molecule has 0 saturated carbocycles. The molecular weight excluding hydrogens is 252 g/mol. The molecule has 0 fully saturated rings. The summed E-state index contributed by atoms with van der Waals surface area (Å²) in [4.78, 5) is 19.0. The van der Waals surface area contributed by atoms with Gasteiger partial charge in [0.15, 0.2) is 0 Å². The quantitative estimate of drug-likeness (QED) is 0.923. The lowest BCUT2D eigenvalue weighted by molar-refractivity contribution is 0.0956. The number of rotatable bonds is 3. The van der Waals surface area contributed by atoms with Crippen LogP contribution < -0.4 is 5.32 Å². The first-order valence-corrected chi connectivity index (χ1v) is 7.22. The Kier molecular flexibility index (Phi) is 3.44. The van der Waals surface area contributed by atoms with Gasteiger partial charge in [0, 0.05) is 25.2 Å². The van der Waals surface area contributed by atoms with Crippen molar-refractivity contribution in [3.8, 4) is 0 Å². The van der Waals surface area contributed by atoms with E-state index in [1.54, 1.807) is 0 Å². The molecule has 1 amide bonds. The van der Waals surface area contributed by atoms with Crippen LogP contribution in [0.1, 0.15) is 30.0 Å². The van der Waals surface area contributed by atoms with Crippen molar-refractivity contribution in [1.82, 2.24) is 19.8 Å². The molecule has 0 aliphatic carbocycles. The van der Waals surface area contributed by atoms with Crippen LogP contribution in [0.5, 0.6) is 0 Å². The van der Waals surface area contributed by atoms with Crippen molar-refractivity contribution in [3.63, 3.8) is 0 Å². The molecule has 1 aromatic heterocycles. The van der Waals surface area contributed by atoms with Crippen molar-refractivity contribution in [2.75, 3.05) is 19.6 Å². The summed E-state index contributed by atoms with van der Waals surface area (Å²) >= 11 is 0. The second kappa shape index (κ2) is 5.25. The molecule has 1 aromatic carbocycles. The monoisotopic (exact) mass is 272 g/mol. The van der Waals surface area contributed by atoms with Crippen LogP contribution in [0.2, 0.25) is 0 Å². The molecule has 3 rings (SSSR count). The standard InChI is InChI=1S/C15H20N4O/c1-3-16-15(20)11-5-6-13-12(9-11)17-14-10-18(4-2)7-8-19(13)14/h5-6,9H,3-4,7-8,10H2,1-2H3,(H,16,20). The van der Waals surface area contributed by atoms with Gasteiger partial charge in [0.1, 0.15) is 5.82 Å². The fraction of sp³-hybridized carbons (Fsp3) is 0.467. The molecule has 0 saturated heterocycles. The number of benzene rings is 1. The highest BCUT2D eigenvalue weighted by atomic mass is 16.1. The van der Waals surface area contributed by atoms with E-state index in [1.165, 1.54) is 0 Å². The predicted molar refractivity (Wildman–Crippen MR) is 78.7 cm³/mol. The van der Waals surface area contributed by atoms with Gasteiger partial charge in [0.05, 0.1) is 17.6 Å². The Labute approximate surface area is 118 Å². The second-order valence-electron chi connectivity index (χ2n) is 5.11. The smallest absolute Gasteiger partial charge is 0.251 e. The van der Waals surface area contributed by atoms with E-state index in [1.807, 2.05) is 25.1 Å². The number of hydrogen-bond donors (Lipinski definition) is 1. The van der Waals surface area contributed by atoms with Gasteiger partial charge < -0.3 is 9.88 Å². The molecule has 106 valence electrons. The fourth-order valence-electron chi connectivity index (χ4n) is 2.74. The lowest BCUT2D eigenvalue weighted by Gasteiger charge is -2.26. The number of aromatic nitrogens is 2. The number of amides is 1. The summed E-state index contributed by atoms with van der Waals surface area (Å²) in [6.07, 6.45) is 0. The highest BCUT2D eigenvalue weighted by Gasteiger charge is 2.19. The van der Waals surface area contributed by atoms with Gasteiger partial charge in [-0.2, -0.15) is 0 Å². The van der Waals surface area contributed by atoms with Crippen LogP contribution in [0.4, 0.5) is 0 Å². The Balaban J connectivity index is 1.98. The number of nitrogens with one attached hydrogen (secondary N) is 1. The molecule has 2 aromatic rings. The molecule has 2 heterocycles. The van der Waals surface area contributed by atoms with Crippen molar-refractivity contribution < 1.29 is 4.79 Å². The normalized spacial score (nSPS) is 15.3. The topological polar surface area (TPSA) is 50.2 Å². The SMILES string of the molecule is CCNC(=O)c1ccc2c(c1)nc1n2CCN(CC)C1. The van der Waals surface area contributed by atoms with E-state index in [0.29, 0.717) is 12.1 Å². The minimum Gasteiger partial charge on any atom is -0.352 e. The van der Waals surface area contributed by atoms with E-state index in [0.717, 1.165) is 43.0 Å². The van der Waals surface area contributed by atoms with Crippen molar-refractivity contribution in [1.29, 1.82) is 0 Å². The van der Waals surface area contributed by atoms with E-state index in [-0.39, 0.29) is 5.91 Å². The third-order valence-electron chi connectivity index (χ3n) is 3.88. The maximum atomic E-state index is 11.9. The summed E-state index contributed by atoms with van der Waals surface area (Å²) in [5, 5.41) is 2.82. The summed E-state index contributed by atoms with van der Waals surface area (Å²) in [5.74, 6) is 1.07. The van der Waals surface area contributed by atoms with E-state index in [2.05, 4.69) is 21.7 Å². The van der Waals surface area contributed by atoms with Crippen LogP contribution in [0.3, 0.4) is 0 Å². The van der Waals surface area contributed by atoms with Gasteiger partial charge >= 0.3 is 0 Å². The Morgan fingerprint density at radius 2 is 2.20 bits per heavy atom. The average molecular weight is 272 g/mol. The molecule has 0 bridgehead atoms. The molecule has 20 heavy (non-hydrogen) atoms. The van der Waals surface area contributed by atoms with Crippen molar-refractivity contribution in [3.05, 3.63) is 29.6 Å². The third kappa shape index (κ3) is 2.18. The number of fused-ring (bicyclic) bond motifs is 3. The first-order chi connectivity index (χ1) is 9.72. The minimum absolute atomic E-state index is 0.0319. The highest BCUT2D eigenvalue weighted by molar-refractivity contribution is 5.97. The Morgan fingerprint density at radius 1 is 1.35 bits per heavy atom. The molecule has 1 N–H and O–H groups in total. The zero-order valence-corrected chi connectivity index (χ0v) is 12.0. The maximum absolute atomic E-state index is 11.9. The van der Waals surface area contributed by atoms with Gasteiger partial charge in [0.2, 0.25) is 0 Å². The van der Waals surface area contributed by atoms with Gasteiger partial charge in [-0.1, -0.05) is 6.92 Å². The number of carbonyl (C=O) groups excluding carboxylic acids is 1. The van der Waals surface area contributed by atoms with Crippen LogP contribution >= 0.6 is 0 Å². The molecule has 0 unspecified atom stereocenters. The van der Waals surface area contributed by atoms with Gasteiger partial charge in [-0.05, 0) is 31.7 Å². The fourth-order valence-corrected chi connectivity index (χ4v) is 2.74. The molecule has 1 aliphatic heterocycles. The number of likely N-dealkylation sites (N-methyl/N-ethyl adjacent to an activating group) is 1. The zero-order valence-electron chi connectivity index (χ0n) is 12.0. The first-order valence-electron chi connectivity index (χ1n) is 7.22. The Bertz CT molecular complexity index is 647. The number of nitrogens with zero attached hydrogens (tertiary/aromatic N) is 3. The van der Waals surface area contributed by atoms with Crippen molar-refractivity contribution in [2.24, 2.45) is 0 Å². The van der Waals surface area contributed by atoms with Crippen LogP contribution in [-0.2, 0) is 13.1 Å². The molecular formula is C15H20N4O. The van der Waals surface area contributed by atoms with E-state index >= 15 is 0 Å². The zero-order chi connectivity index (χ0) is 14.1. The van der Waals surface area contributed by atoms with Gasteiger partial charge in [-0.3, -0.25) is 9.69 Å². The summed E-state index contributed by atoms with van der Waals surface area (Å²) in [7, 11) is 0. The van der Waals surface area contributed by atoms with Gasteiger partial charge in [-0.25, -0.2) is 4.98 Å². The summed E-state index contributed by atoms with van der Waals surface area (Å²) in [6, 6.07) is 5.79. The summed E-state index contributed by atoms with van der Waals surface area (Å²) < 4.78 is 2.27. The van der Waals surface area contributed by atoms with E-state index < -0.39 is 0 Å². The number of carbonyl (C=O) groups is 1. The second-order valence-corrected chi connectivity index (χ2v) is 5.11. The largest absolute Gasteiger partial charge is 0.352 e. The molecule has 0 spiro atoms. The van der Waals surface area contributed by atoms with E-state index in [4.69, 9.17) is 4.98 Å². The van der Waals surface area contributed by atoms with E-state index in [9.17, 15) is 4.79 Å². The van der Waals surface area contributed by atoms with Crippen LogP contribution in [0.15, 0.2) is 18.2 Å². The highest BCUT2D eigenvalue weighted by Crippen LogP contribution is 2.21.